The Morgan fingerprint density at radius 1 is 0.735 bits per heavy atom. The second-order valence-electron chi connectivity index (χ2n) is 9.55. The first-order chi connectivity index (χ1) is 16.9. The predicted molar refractivity (Wildman–Crippen MR) is 143 cm³/mol. The van der Waals surface area contributed by atoms with Crippen LogP contribution in [0, 0.1) is 0 Å². The van der Waals surface area contributed by atoms with Crippen molar-refractivity contribution in [2.24, 2.45) is 0 Å². The van der Waals surface area contributed by atoms with Crippen molar-refractivity contribution in [3.8, 4) is 17.2 Å². The van der Waals surface area contributed by atoms with Gasteiger partial charge in [0, 0.05) is 0 Å². The molecule has 4 heteroatoms. The van der Waals surface area contributed by atoms with Gasteiger partial charge in [0.25, 0.3) is 0 Å². The summed E-state index contributed by atoms with van der Waals surface area (Å²) in [7, 11) is 0. The van der Waals surface area contributed by atoms with Crippen LogP contribution in [0.2, 0.25) is 0 Å². The summed E-state index contributed by atoms with van der Waals surface area (Å²) in [4.78, 5) is 0. The van der Waals surface area contributed by atoms with Crippen LogP contribution in [0.4, 0.5) is 0 Å². The third-order valence-electron chi connectivity index (χ3n) is 7.73. The molecule has 0 amide bonds. The number of benzene rings is 4. The molecule has 0 saturated carbocycles. The molecule has 0 spiro atoms. The molecule has 0 saturated heterocycles. The molecule has 2 aliphatic heterocycles. The zero-order valence-electron chi connectivity index (χ0n) is 18.8. The van der Waals surface area contributed by atoms with E-state index < -0.39 is 0 Å². The van der Waals surface area contributed by atoms with Crippen LogP contribution in [0.3, 0.4) is 0 Å². The van der Waals surface area contributed by atoms with Gasteiger partial charge in [-0.1, -0.05) is 0 Å². The van der Waals surface area contributed by atoms with Crippen LogP contribution in [0.5, 0.6) is 11.5 Å². The van der Waals surface area contributed by atoms with Crippen molar-refractivity contribution in [1.29, 1.82) is 0 Å². The van der Waals surface area contributed by atoms with Crippen LogP contribution in [0.25, 0.3) is 16.6 Å². The first kappa shape index (κ1) is 19.1. The SMILES string of the molecule is c1ccc2c(c1)[Se]c1cccc3c1B2c1ccc(-n2c4c(c5ccccc52)CCCC4)cc1O3. The number of hydrogen-bond donors (Lipinski definition) is 0. The maximum atomic E-state index is 6.63. The Bertz CT molecular complexity index is 1640. The van der Waals surface area contributed by atoms with Crippen molar-refractivity contribution < 1.29 is 4.74 Å². The average Bonchev–Trinajstić information content (AvgIpc) is 3.23. The number of rotatable bonds is 1. The van der Waals surface area contributed by atoms with E-state index >= 15 is 0 Å². The van der Waals surface area contributed by atoms with E-state index in [1.165, 1.54) is 66.9 Å². The third kappa shape index (κ3) is 2.59. The summed E-state index contributed by atoms with van der Waals surface area (Å²) in [5.41, 5.74) is 9.67. The molecule has 0 atom stereocenters. The number of ether oxygens (including phenoxy) is 1. The average molecular weight is 502 g/mol. The molecular formula is C30H22BNOSe. The van der Waals surface area contributed by atoms with E-state index in [0.717, 1.165) is 17.9 Å². The van der Waals surface area contributed by atoms with Crippen molar-refractivity contribution in [3.63, 3.8) is 0 Å². The molecule has 1 aliphatic carbocycles. The second kappa shape index (κ2) is 7.15. The maximum absolute atomic E-state index is 6.63. The standard InChI is InChI=1S/C30H22BNOSe/c1-4-11-24-20(8-1)21-9-2-5-12-25(21)32(24)19-16-17-22-27(18-19)33-26-13-7-15-29-30(26)31(22)23-10-3-6-14-28(23)34-29/h1,3-4,6-8,10-11,13-18H,2,5,9,12H2. The Morgan fingerprint density at radius 2 is 1.59 bits per heavy atom. The van der Waals surface area contributed by atoms with Crippen LogP contribution in [-0.4, -0.2) is 26.2 Å². The summed E-state index contributed by atoms with van der Waals surface area (Å²) >= 11 is 0.322. The Morgan fingerprint density at radius 3 is 2.59 bits per heavy atom. The molecule has 2 nitrogen and oxygen atoms in total. The second-order valence-corrected chi connectivity index (χ2v) is 11.8. The van der Waals surface area contributed by atoms with Gasteiger partial charge >= 0.3 is 206 Å². The van der Waals surface area contributed by atoms with Crippen molar-refractivity contribution in [1.82, 2.24) is 4.57 Å². The molecule has 1 aromatic heterocycles. The molecule has 8 rings (SSSR count). The summed E-state index contributed by atoms with van der Waals surface area (Å²) in [5.74, 6) is 2.03. The molecule has 4 aromatic carbocycles. The molecule has 162 valence electrons. The van der Waals surface area contributed by atoms with Gasteiger partial charge in [-0.3, -0.25) is 0 Å². The molecule has 3 heterocycles. The van der Waals surface area contributed by atoms with Gasteiger partial charge in [-0.15, -0.1) is 0 Å². The van der Waals surface area contributed by atoms with Crippen LogP contribution in [0.1, 0.15) is 24.1 Å². The summed E-state index contributed by atoms with van der Waals surface area (Å²) in [6.45, 7) is 0.256. The van der Waals surface area contributed by atoms with Gasteiger partial charge in [0.2, 0.25) is 0 Å². The van der Waals surface area contributed by atoms with Crippen molar-refractivity contribution in [2.45, 2.75) is 25.7 Å². The number of fused-ring (bicyclic) bond motifs is 7. The number of nitrogens with zero attached hydrogens (tertiary/aromatic N) is 1. The first-order valence-corrected chi connectivity index (χ1v) is 13.9. The van der Waals surface area contributed by atoms with Crippen LogP contribution < -0.4 is 30.0 Å². The minimum absolute atomic E-state index is 0.256. The Kier molecular flexibility index (Phi) is 4.03. The number of aromatic nitrogens is 1. The van der Waals surface area contributed by atoms with Crippen LogP contribution >= 0.6 is 0 Å². The van der Waals surface area contributed by atoms with E-state index in [2.05, 4.69) is 89.5 Å². The third-order valence-corrected chi connectivity index (χ3v) is 10.2. The quantitative estimate of drug-likeness (QED) is 0.315. The molecule has 0 unspecified atom stereocenters. The molecular weight excluding hydrogens is 480 g/mol. The molecule has 0 bridgehead atoms. The summed E-state index contributed by atoms with van der Waals surface area (Å²) in [5, 5.41) is 1.41. The van der Waals surface area contributed by atoms with Crippen molar-refractivity contribution >= 4 is 57.9 Å². The molecule has 3 aliphatic rings. The fraction of sp³-hybridized carbons (Fsp3) is 0.133. The van der Waals surface area contributed by atoms with Gasteiger partial charge in [-0.25, -0.2) is 0 Å². The van der Waals surface area contributed by atoms with Gasteiger partial charge in [0.1, 0.15) is 0 Å². The van der Waals surface area contributed by atoms with E-state index in [9.17, 15) is 0 Å². The van der Waals surface area contributed by atoms with E-state index in [4.69, 9.17) is 4.74 Å². The van der Waals surface area contributed by atoms with Crippen molar-refractivity contribution in [3.05, 3.63) is 96.2 Å². The fourth-order valence-electron chi connectivity index (χ4n) is 6.29. The van der Waals surface area contributed by atoms with Gasteiger partial charge in [-0.05, 0) is 0 Å². The summed E-state index contributed by atoms with van der Waals surface area (Å²) < 4.78 is 12.1. The first-order valence-electron chi connectivity index (χ1n) is 12.2. The number of para-hydroxylation sites is 1. The molecule has 0 radical (unpaired) electrons. The normalized spacial score (nSPS) is 15.2. The number of hydrogen-bond acceptors (Lipinski definition) is 1. The molecule has 0 fully saturated rings. The van der Waals surface area contributed by atoms with Gasteiger partial charge in [0.15, 0.2) is 0 Å². The van der Waals surface area contributed by atoms with Crippen LogP contribution in [-0.2, 0) is 12.8 Å². The van der Waals surface area contributed by atoms with Crippen LogP contribution in [0.15, 0.2) is 84.9 Å². The number of aryl methyl sites for hydroxylation is 1. The zero-order chi connectivity index (χ0) is 22.2. The van der Waals surface area contributed by atoms with E-state index in [0.29, 0.717) is 15.0 Å². The fourth-order valence-corrected chi connectivity index (χ4v) is 8.73. The summed E-state index contributed by atoms with van der Waals surface area (Å²) in [6.07, 6.45) is 4.88. The van der Waals surface area contributed by atoms with Gasteiger partial charge in [-0.2, -0.15) is 0 Å². The molecule has 0 N–H and O–H groups in total. The van der Waals surface area contributed by atoms with Gasteiger partial charge < -0.3 is 0 Å². The Labute approximate surface area is 205 Å². The molecule has 5 aromatic rings. The molecule has 34 heavy (non-hydrogen) atoms. The zero-order valence-corrected chi connectivity index (χ0v) is 20.5. The van der Waals surface area contributed by atoms with Crippen molar-refractivity contribution in [2.75, 3.05) is 0 Å². The Hall–Kier alpha value is -3.20. The topological polar surface area (TPSA) is 14.2 Å². The predicted octanol–water partition coefficient (Wildman–Crippen LogP) is 3.10. The monoisotopic (exact) mass is 503 g/mol. The van der Waals surface area contributed by atoms with E-state index in [1.54, 1.807) is 5.56 Å². The summed E-state index contributed by atoms with van der Waals surface area (Å²) in [6, 6.07) is 31.4. The minimum atomic E-state index is 0.256. The van der Waals surface area contributed by atoms with Gasteiger partial charge in [0.05, 0.1) is 0 Å². The Balaban J connectivity index is 1.36. The van der Waals surface area contributed by atoms with E-state index in [-0.39, 0.29) is 6.71 Å². The van der Waals surface area contributed by atoms with E-state index in [1.807, 2.05) is 0 Å².